The first-order valence-electron chi connectivity index (χ1n) is 6.59. The van der Waals surface area contributed by atoms with Crippen LogP contribution in [-0.4, -0.2) is 25.1 Å². The topological polar surface area (TPSA) is 82.6 Å². The fraction of sp³-hybridized carbons (Fsp3) is 0.312. The number of carbonyl (C=O) groups is 1. The molecule has 1 aromatic rings. The fourth-order valence-electron chi connectivity index (χ4n) is 1.31. The van der Waals surface area contributed by atoms with Crippen molar-refractivity contribution in [3.63, 3.8) is 0 Å². The van der Waals surface area contributed by atoms with Crippen molar-refractivity contribution in [2.75, 3.05) is 14.2 Å². The predicted octanol–water partition coefficient (Wildman–Crippen LogP) is 4.05. The number of methoxy groups -OCH3 is 1. The maximum Gasteiger partial charge on any atom is 0.341 e. The summed E-state index contributed by atoms with van der Waals surface area (Å²) in [5.41, 5.74) is 1.20. The summed E-state index contributed by atoms with van der Waals surface area (Å²) in [5.74, 6) is 0.695. The van der Waals surface area contributed by atoms with Crippen molar-refractivity contribution < 1.29 is 18.9 Å². The van der Waals surface area contributed by atoms with E-state index < -0.39 is 10.9 Å². The number of carbonyl (C=O) groups excluding carboxylic acids is 1. The third-order valence-corrected chi connectivity index (χ3v) is 2.12. The van der Waals surface area contributed by atoms with Crippen LogP contribution in [0.1, 0.15) is 35.7 Å². The zero-order valence-corrected chi connectivity index (χ0v) is 13.7. The van der Waals surface area contributed by atoms with Gasteiger partial charge >= 0.3 is 5.97 Å². The summed E-state index contributed by atoms with van der Waals surface area (Å²) in [6.07, 6.45) is 5.03. The maximum absolute atomic E-state index is 11.4. The van der Waals surface area contributed by atoms with E-state index in [4.69, 9.17) is 14.5 Å². The Hall–Kier alpha value is -2.63. The summed E-state index contributed by atoms with van der Waals surface area (Å²) >= 11 is 0. The number of hydrogen-bond donors (Lipinski definition) is 0. The smallest absolute Gasteiger partial charge is 0.341 e. The van der Waals surface area contributed by atoms with Crippen LogP contribution in [0.3, 0.4) is 0 Å². The van der Waals surface area contributed by atoms with Crippen LogP contribution in [0, 0.1) is 17.0 Å². The van der Waals surface area contributed by atoms with Gasteiger partial charge in [-0.15, -0.1) is 0 Å². The number of ether oxygens (including phenoxy) is 1. The van der Waals surface area contributed by atoms with Gasteiger partial charge in [0.15, 0.2) is 7.05 Å². The van der Waals surface area contributed by atoms with Crippen molar-refractivity contribution in [3.05, 3.63) is 64.7 Å². The molecule has 1 aromatic heterocycles. The second kappa shape index (κ2) is 12.1. The maximum atomic E-state index is 11.4. The molecule has 0 atom stereocenters. The molecule has 0 bridgehead atoms. The Morgan fingerprint density at radius 3 is 2.27 bits per heavy atom. The van der Waals surface area contributed by atoms with Crippen LogP contribution in [0.5, 0.6) is 0 Å². The minimum absolute atomic E-state index is 0.408. The first-order valence-corrected chi connectivity index (χ1v) is 6.59. The minimum atomic E-state index is -0.500. The summed E-state index contributed by atoms with van der Waals surface area (Å²) in [7, 11) is 2.22. The number of aryl methyl sites for hydroxylation is 1. The highest BCUT2D eigenvalue weighted by Gasteiger charge is 2.16. The van der Waals surface area contributed by atoms with Crippen LogP contribution in [0.4, 0.5) is 0 Å². The van der Waals surface area contributed by atoms with E-state index in [1.54, 1.807) is 31.2 Å². The van der Waals surface area contributed by atoms with Crippen molar-refractivity contribution in [3.8, 4) is 0 Å². The molecule has 0 N–H and O–H groups in total. The zero-order chi connectivity index (χ0) is 17.7. The molecule has 0 aromatic carbocycles. The molecule has 6 heteroatoms. The van der Waals surface area contributed by atoms with Crippen molar-refractivity contribution >= 4 is 11.5 Å². The molecule has 122 valence electrons. The summed E-state index contributed by atoms with van der Waals surface area (Å²) in [6, 6.07) is 1.64. The van der Waals surface area contributed by atoms with Gasteiger partial charge in [-0.05, 0) is 13.0 Å². The molecule has 0 spiro atoms. The highest BCUT2D eigenvalue weighted by Crippen LogP contribution is 2.23. The zero-order valence-electron chi connectivity index (χ0n) is 13.7. The van der Waals surface area contributed by atoms with Crippen LogP contribution in [0.25, 0.3) is 5.57 Å². The highest BCUT2D eigenvalue weighted by atomic mass is 16.6. The average Bonchev–Trinajstić information content (AvgIpc) is 2.87. The SMILES string of the molecule is C=C/C=C(\C=C)c1cc(C(=O)OC)c(C)o1.CC.C[N+](=O)[O-]. The van der Waals surface area contributed by atoms with Gasteiger partial charge in [0.1, 0.15) is 17.1 Å². The highest BCUT2D eigenvalue weighted by molar-refractivity contribution is 5.91. The fourth-order valence-corrected chi connectivity index (χ4v) is 1.31. The lowest BCUT2D eigenvalue weighted by atomic mass is 10.1. The van der Waals surface area contributed by atoms with Gasteiger partial charge in [-0.2, -0.15) is 0 Å². The number of esters is 1. The normalized spacial score (nSPS) is 9.41. The number of allylic oxidation sites excluding steroid dienone is 4. The number of nitrogens with zero attached hydrogens (tertiary/aromatic N) is 1. The standard InChI is InChI=1S/C13H14O3.C2H6.CH3NO2/c1-5-7-10(6-2)12-8-11(9(3)16-12)13(14)15-4;1-2;1-2(3)4/h5-8H,1-2H2,3-4H3;1-2H3;1H3/b10-7+;;. The molecule has 0 unspecified atom stereocenters. The van der Waals surface area contributed by atoms with Gasteiger partial charge in [-0.1, -0.05) is 45.2 Å². The van der Waals surface area contributed by atoms with Gasteiger partial charge in [0, 0.05) is 10.5 Å². The van der Waals surface area contributed by atoms with E-state index >= 15 is 0 Å². The first kappa shape index (κ1) is 21.7. The summed E-state index contributed by atoms with van der Waals surface area (Å²) in [5, 5.41) is 8.81. The first-order chi connectivity index (χ1) is 10.4. The molecule has 0 saturated carbocycles. The molecular formula is C16H23NO5. The Labute approximate surface area is 130 Å². The quantitative estimate of drug-likeness (QED) is 0.362. The molecular weight excluding hydrogens is 286 g/mol. The molecule has 0 aliphatic heterocycles. The molecule has 0 fully saturated rings. The van der Waals surface area contributed by atoms with E-state index in [0.29, 0.717) is 17.1 Å². The van der Waals surface area contributed by atoms with E-state index in [-0.39, 0.29) is 0 Å². The van der Waals surface area contributed by atoms with Gasteiger partial charge in [0.05, 0.1) is 7.11 Å². The van der Waals surface area contributed by atoms with E-state index in [1.807, 2.05) is 13.8 Å². The molecule has 1 heterocycles. The predicted molar refractivity (Wildman–Crippen MR) is 87.4 cm³/mol. The van der Waals surface area contributed by atoms with Crippen molar-refractivity contribution in [1.82, 2.24) is 0 Å². The van der Waals surface area contributed by atoms with E-state index in [1.165, 1.54) is 7.11 Å². The molecule has 0 amide bonds. The van der Waals surface area contributed by atoms with Gasteiger partial charge in [0.2, 0.25) is 0 Å². The number of hydrogen-bond acceptors (Lipinski definition) is 5. The van der Waals surface area contributed by atoms with Gasteiger partial charge in [0.25, 0.3) is 0 Å². The summed E-state index contributed by atoms with van der Waals surface area (Å²) in [4.78, 5) is 19.7. The largest absolute Gasteiger partial charge is 0.465 e. The van der Waals surface area contributed by atoms with E-state index in [2.05, 4.69) is 17.9 Å². The van der Waals surface area contributed by atoms with Crippen LogP contribution in [0.15, 0.2) is 41.9 Å². The Morgan fingerprint density at radius 1 is 1.41 bits per heavy atom. The van der Waals surface area contributed by atoms with Crippen molar-refractivity contribution in [2.24, 2.45) is 0 Å². The molecule has 0 saturated heterocycles. The number of rotatable bonds is 4. The lowest BCUT2D eigenvalue weighted by Crippen LogP contribution is -2.00. The molecule has 6 nitrogen and oxygen atoms in total. The monoisotopic (exact) mass is 309 g/mol. The molecule has 0 aliphatic rings. The summed E-state index contributed by atoms with van der Waals surface area (Å²) in [6.45, 7) is 13.0. The molecule has 1 rings (SSSR count). The van der Waals surface area contributed by atoms with Gasteiger partial charge in [-0.25, -0.2) is 4.79 Å². The van der Waals surface area contributed by atoms with Crippen LogP contribution < -0.4 is 0 Å². The Morgan fingerprint density at radius 2 is 1.91 bits per heavy atom. The summed E-state index contributed by atoms with van der Waals surface area (Å²) < 4.78 is 10.1. The second-order valence-corrected chi connectivity index (χ2v) is 3.57. The number of furan rings is 1. The lowest BCUT2D eigenvalue weighted by molar-refractivity contribution is -0.445. The van der Waals surface area contributed by atoms with Crippen LogP contribution in [-0.2, 0) is 4.74 Å². The van der Waals surface area contributed by atoms with Crippen LogP contribution in [0.2, 0.25) is 0 Å². The third-order valence-electron chi connectivity index (χ3n) is 2.12. The van der Waals surface area contributed by atoms with Crippen molar-refractivity contribution in [1.29, 1.82) is 0 Å². The second-order valence-electron chi connectivity index (χ2n) is 3.57. The lowest BCUT2D eigenvalue weighted by Gasteiger charge is -1.93. The average molecular weight is 309 g/mol. The molecule has 22 heavy (non-hydrogen) atoms. The van der Waals surface area contributed by atoms with E-state index in [9.17, 15) is 4.79 Å². The third kappa shape index (κ3) is 7.84. The minimum Gasteiger partial charge on any atom is -0.465 e. The molecule has 0 radical (unpaired) electrons. The van der Waals surface area contributed by atoms with Gasteiger partial charge < -0.3 is 9.15 Å². The number of nitro groups is 1. The Bertz CT molecular complexity index is 537. The van der Waals surface area contributed by atoms with Crippen LogP contribution >= 0.6 is 0 Å². The van der Waals surface area contributed by atoms with Gasteiger partial charge in [-0.3, -0.25) is 10.1 Å². The molecule has 0 aliphatic carbocycles. The van der Waals surface area contributed by atoms with Crippen molar-refractivity contribution in [2.45, 2.75) is 20.8 Å². The Kier molecular flexibility index (Phi) is 12.0. The van der Waals surface area contributed by atoms with E-state index in [0.717, 1.165) is 12.6 Å². The Balaban J connectivity index is 0.